The number of anilines is 1. The molecule has 3 aromatic carbocycles. The standard InChI is InChI=1S/C39H40BrN3O7/c40-29-23-39-33-32(34(29)50-39)38(48)49-30(26-13-4-1-5-14-26)24-41-31(45)16-6-2-9-19-42(28-18-17-25-12-7-8-15-27(25)22-28)37(47)35(39)43(36(33)46)20-10-3-11-21-44/h1-2,4-5,7-9,12-15,17-18,22-23,30,32-35,44H,3,6,10-11,16,19-21,24H2,(H,41,45)/b9-2-/t30-,32-,33+,34-,35-,39+/m1/s1. The van der Waals surface area contributed by atoms with E-state index in [4.69, 9.17) is 9.47 Å². The third-order valence-corrected chi connectivity index (χ3v) is 10.9. The normalized spacial score (nSPS) is 29.2. The number of cyclic esters (lactones) is 1. The zero-order chi connectivity index (χ0) is 34.8. The number of carbonyl (C=O) groups is 4. The van der Waals surface area contributed by atoms with Crippen LogP contribution in [0.2, 0.25) is 0 Å². The van der Waals surface area contributed by atoms with Gasteiger partial charge in [-0.25, -0.2) is 0 Å². The number of hydrogen-bond donors (Lipinski definition) is 2. The van der Waals surface area contributed by atoms with E-state index in [2.05, 4.69) is 21.2 Å². The lowest BCUT2D eigenvalue weighted by Gasteiger charge is -2.36. The number of likely N-dealkylation sites (tertiary alicyclic amines) is 1. The number of aliphatic hydroxyl groups is 1. The fourth-order valence-corrected chi connectivity index (χ4v) is 8.55. The number of fused-ring (bicyclic) bond motifs is 3. The highest BCUT2D eigenvalue weighted by Crippen LogP contribution is 2.59. The summed E-state index contributed by atoms with van der Waals surface area (Å²) in [4.78, 5) is 60.1. The Labute approximate surface area is 299 Å². The fraction of sp³-hybridized carbons (Fsp3) is 0.385. The summed E-state index contributed by atoms with van der Waals surface area (Å²) in [5, 5.41) is 14.3. The molecule has 0 saturated carbocycles. The molecule has 4 aliphatic rings. The minimum absolute atomic E-state index is 0.0301. The summed E-state index contributed by atoms with van der Waals surface area (Å²) in [6.07, 6.45) is 6.39. The first-order valence-electron chi connectivity index (χ1n) is 17.3. The number of carbonyl (C=O) groups excluding carboxylic acids is 4. The number of rotatable bonds is 7. The Balaban J connectivity index is 1.32. The van der Waals surface area contributed by atoms with Crippen LogP contribution in [0.15, 0.2) is 95.5 Å². The number of ether oxygens (including phenoxy) is 2. The first-order chi connectivity index (χ1) is 24.3. The second kappa shape index (κ2) is 14.5. The van der Waals surface area contributed by atoms with Crippen LogP contribution in [0.3, 0.4) is 0 Å². The number of unbranched alkanes of at least 4 members (excludes halogenated alkanes) is 2. The van der Waals surface area contributed by atoms with Gasteiger partial charge in [-0.15, -0.1) is 0 Å². The van der Waals surface area contributed by atoms with E-state index in [9.17, 15) is 19.5 Å². The number of benzene rings is 3. The molecule has 5 bridgehead atoms. The molecule has 1 spiro atoms. The third-order valence-electron chi connectivity index (χ3n) is 10.2. The number of esters is 1. The molecule has 7 rings (SSSR count). The Hall–Kier alpha value is -4.32. The first kappa shape index (κ1) is 34.1. The SMILES string of the molecule is O=C1CC/C=C\CN(c2ccc3ccccc3c2)C(=O)[C@H]2N(CCCCCO)C(=O)[C@@H]3[C@@H](C(=O)O[C@@H](c4ccccc4)CN1)[C@@H]1O[C@@]32C=C1Br. The van der Waals surface area contributed by atoms with Gasteiger partial charge in [0.25, 0.3) is 5.91 Å². The van der Waals surface area contributed by atoms with Crippen LogP contribution in [0.5, 0.6) is 0 Å². The Morgan fingerprint density at radius 2 is 1.68 bits per heavy atom. The first-order valence-corrected chi connectivity index (χ1v) is 18.1. The number of allylic oxidation sites excluding steroid dienone is 1. The largest absolute Gasteiger partial charge is 0.455 e. The highest BCUT2D eigenvalue weighted by Gasteiger charge is 2.75. The predicted molar refractivity (Wildman–Crippen MR) is 191 cm³/mol. The molecule has 4 aliphatic heterocycles. The molecule has 3 amide bonds. The molecule has 2 N–H and O–H groups in total. The van der Waals surface area contributed by atoms with Crippen molar-refractivity contribution >= 4 is 56.1 Å². The monoisotopic (exact) mass is 741 g/mol. The maximum Gasteiger partial charge on any atom is 0.313 e. The van der Waals surface area contributed by atoms with Gasteiger partial charge in [0, 0.05) is 36.3 Å². The Kier molecular flexibility index (Phi) is 9.90. The minimum Gasteiger partial charge on any atom is -0.455 e. The van der Waals surface area contributed by atoms with Crippen LogP contribution in [-0.4, -0.2) is 77.7 Å². The van der Waals surface area contributed by atoms with Gasteiger partial charge in [-0.2, -0.15) is 0 Å². The zero-order valence-corrected chi connectivity index (χ0v) is 29.2. The van der Waals surface area contributed by atoms with Crippen molar-refractivity contribution in [2.75, 3.05) is 31.1 Å². The van der Waals surface area contributed by atoms with Crippen molar-refractivity contribution in [3.63, 3.8) is 0 Å². The second-order valence-electron chi connectivity index (χ2n) is 13.3. The lowest BCUT2D eigenvalue weighted by atomic mass is 9.74. The van der Waals surface area contributed by atoms with Crippen LogP contribution in [0, 0.1) is 11.8 Å². The number of halogens is 1. The molecule has 11 heteroatoms. The maximum atomic E-state index is 15.1. The van der Waals surface area contributed by atoms with Gasteiger partial charge in [0.1, 0.15) is 29.8 Å². The van der Waals surface area contributed by atoms with Gasteiger partial charge < -0.3 is 29.7 Å². The van der Waals surface area contributed by atoms with E-state index < -0.39 is 41.7 Å². The summed E-state index contributed by atoms with van der Waals surface area (Å²) >= 11 is 3.62. The van der Waals surface area contributed by atoms with Gasteiger partial charge in [-0.05, 0) is 60.2 Å². The molecule has 6 atom stereocenters. The van der Waals surface area contributed by atoms with E-state index >= 15 is 4.79 Å². The third kappa shape index (κ3) is 6.27. The number of nitrogens with zero attached hydrogens (tertiary/aromatic N) is 2. The minimum atomic E-state index is -1.42. The lowest BCUT2D eigenvalue weighted by Crippen LogP contribution is -2.56. The molecule has 10 nitrogen and oxygen atoms in total. The van der Waals surface area contributed by atoms with Crippen molar-refractivity contribution in [2.45, 2.75) is 56.0 Å². The molecule has 0 unspecified atom stereocenters. The van der Waals surface area contributed by atoms with Crippen LogP contribution < -0.4 is 10.2 Å². The highest BCUT2D eigenvalue weighted by molar-refractivity contribution is 9.11. The smallest absolute Gasteiger partial charge is 0.313 e. The molecule has 0 aliphatic carbocycles. The summed E-state index contributed by atoms with van der Waals surface area (Å²) in [7, 11) is 0. The fourth-order valence-electron chi connectivity index (χ4n) is 7.81. The molecule has 50 heavy (non-hydrogen) atoms. The van der Waals surface area contributed by atoms with E-state index in [-0.39, 0.29) is 50.4 Å². The Bertz CT molecular complexity index is 1850. The number of hydrogen-bond acceptors (Lipinski definition) is 7. The van der Waals surface area contributed by atoms with Crippen LogP contribution >= 0.6 is 15.9 Å². The number of amides is 3. The molecule has 3 aromatic rings. The summed E-state index contributed by atoms with van der Waals surface area (Å²) in [6, 6.07) is 21.8. The van der Waals surface area contributed by atoms with Crippen LogP contribution in [0.4, 0.5) is 5.69 Å². The molecule has 2 saturated heterocycles. The molecule has 0 aromatic heterocycles. The average molecular weight is 743 g/mol. The molecule has 260 valence electrons. The molecule has 0 radical (unpaired) electrons. The van der Waals surface area contributed by atoms with Crippen molar-refractivity contribution in [3.8, 4) is 0 Å². The van der Waals surface area contributed by atoms with Gasteiger partial charge in [-0.1, -0.05) is 88.7 Å². The average Bonchev–Trinajstić information content (AvgIpc) is 3.72. The predicted octanol–water partition coefficient (Wildman–Crippen LogP) is 4.96. The van der Waals surface area contributed by atoms with Crippen molar-refractivity contribution in [3.05, 3.63) is 101 Å². The van der Waals surface area contributed by atoms with E-state index in [1.165, 1.54) is 0 Å². The van der Waals surface area contributed by atoms with Crippen LogP contribution in [0.25, 0.3) is 10.8 Å². The number of aliphatic hydroxyl groups excluding tert-OH is 1. The Morgan fingerprint density at radius 3 is 2.48 bits per heavy atom. The van der Waals surface area contributed by atoms with Gasteiger partial charge >= 0.3 is 5.97 Å². The van der Waals surface area contributed by atoms with Gasteiger partial charge in [0.2, 0.25) is 11.8 Å². The van der Waals surface area contributed by atoms with E-state index in [0.717, 1.165) is 10.8 Å². The molecular weight excluding hydrogens is 702 g/mol. The summed E-state index contributed by atoms with van der Waals surface area (Å²) in [5.41, 5.74) is -0.0600. The quantitative estimate of drug-likeness (QED) is 0.199. The van der Waals surface area contributed by atoms with Gasteiger partial charge in [-0.3, -0.25) is 19.2 Å². The number of nitrogens with one attached hydrogen (secondary N) is 1. The summed E-state index contributed by atoms with van der Waals surface area (Å²) < 4.78 is 13.4. The highest BCUT2D eigenvalue weighted by atomic mass is 79.9. The van der Waals surface area contributed by atoms with Gasteiger partial charge in [0.15, 0.2) is 0 Å². The van der Waals surface area contributed by atoms with E-state index in [1.807, 2.05) is 84.9 Å². The van der Waals surface area contributed by atoms with E-state index in [0.29, 0.717) is 41.4 Å². The van der Waals surface area contributed by atoms with Crippen LogP contribution in [0.1, 0.15) is 43.8 Å². The topological polar surface area (TPSA) is 125 Å². The molecule has 2 fully saturated rings. The van der Waals surface area contributed by atoms with Gasteiger partial charge in [0.05, 0.1) is 12.5 Å². The summed E-state index contributed by atoms with van der Waals surface area (Å²) in [5.74, 6) is -3.52. The zero-order valence-electron chi connectivity index (χ0n) is 27.6. The van der Waals surface area contributed by atoms with Crippen LogP contribution in [-0.2, 0) is 28.7 Å². The Morgan fingerprint density at radius 1 is 0.900 bits per heavy atom. The van der Waals surface area contributed by atoms with Crippen molar-refractivity contribution in [2.24, 2.45) is 11.8 Å². The van der Waals surface area contributed by atoms with Crippen molar-refractivity contribution in [1.29, 1.82) is 0 Å². The second-order valence-corrected chi connectivity index (χ2v) is 14.2. The molecular formula is C39H40BrN3O7. The lowest BCUT2D eigenvalue weighted by molar-refractivity contribution is -0.159. The maximum absolute atomic E-state index is 15.1. The molecule has 4 heterocycles. The van der Waals surface area contributed by atoms with Crippen molar-refractivity contribution < 1.29 is 33.8 Å². The van der Waals surface area contributed by atoms with Crippen molar-refractivity contribution in [1.82, 2.24) is 10.2 Å². The van der Waals surface area contributed by atoms with E-state index in [1.54, 1.807) is 15.9 Å². The summed E-state index contributed by atoms with van der Waals surface area (Å²) in [6.45, 7) is 0.542.